The molecule has 0 fully saturated rings. The summed E-state index contributed by atoms with van der Waals surface area (Å²) in [6.07, 6.45) is 2.86. The van der Waals surface area contributed by atoms with Crippen LogP contribution in [0.4, 0.5) is 0 Å². The molecular weight excluding hydrogens is 532 g/mol. The molecule has 0 saturated heterocycles. The Morgan fingerprint density at radius 1 is 0.892 bits per heavy atom. The molecule has 0 saturated carbocycles. The summed E-state index contributed by atoms with van der Waals surface area (Å²) in [5.74, 6) is -0.958. The third kappa shape index (κ3) is 9.50. The zero-order valence-corrected chi connectivity index (χ0v) is 22.6. The molecular formula is C30H33BrN2O4. The highest BCUT2D eigenvalue weighted by Gasteiger charge is 2.22. The molecule has 1 atom stereocenters. The summed E-state index contributed by atoms with van der Waals surface area (Å²) in [6.45, 7) is 2.49. The maximum atomic E-state index is 13.0. The maximum absolute atomic E-state index is 13.0. The van der Waals surface area contributed by atoms with Crippen LogP contribution in [0.5, 0.6) is 0 Å². The van der Waals surface area contributed by atoms with Crippen molar-refractivity contribution in [3.63, 3.8) is 0 Å². The second-order valence-corrected chi connectivity index (χ2v) is 9.67. The number of carbonyl (C=O) groups excluding carboxylic acids is 3. The lowest BCUT2D eigenvalue weighted by Gasteiger charge is -2.19. The first-order chi connectivity index (χ1) is 18.0. The molecule has 2 amide bonds. The Morgan fingerprint density at radius 2 is 1.57 bits per heavy atom. The van der Waals surface area contributed by atoms with Crippen LogP contribution in [-0.2, 0) is 20.7 Å². The summed E-state index contributed by atoms with van der Waals surface area (Å²) in [7, 11) is 0. The number of ether oxygens (including phenoxy) is 1. The van der Waals surface area contributed by atoms with Crippen LogP contribution >= 0.6 is 15.9 Å². The number of hydrogen-bond donors (Lipinski definition) is 2. The van der Waals surface area contributed by atoms with Crippen molar-refractivity contribution >= 4 is 33.7 Å². The van der Waals surface area contributed by atoms with Crippen molar-refractivity contribution in [1.29, 1.82) is 0 Å². The van der Waals surface area contributed by atoms with Gasteiger partial charge in [-0.3, -0.25) is 14.4 Å². The van der Waals surface area contributed by atoms with Crippen molar-refractivity contribution in [1.82, 2.24) is 10.6 Å². The van der Waals surface area contributed by atoms with Gasteiger partial charge in [-0.25, -0.2) is 0 Å². The van der Waals surface area contributed by atoms with Crippen LogP contribution in [0.15, 0.2) is 83.3 Å². The average Bonchev–Trinajstić information content (AvgIpc) is 2.93. The van der Waals surface area contributed by atoms with E-state index >= 15 is 0 Å². The van der Waals surface area contributed by atoms with Crippen molar-refractivity contribution < 1.29 is 19.1 Å². The first-order valence-electron chi connectivity index (χ1n) is 12.6. The number of hydrogen-bond acceptors (Lipinski definition) is 4. The molecule has 194 valence electrons. The molecule has 0 aromatic heterocycles. The summed E-state index contributed by atoms with van der Waals surface area (Å²) >= 11 is 3.42. The summed E-state index contributed by atoms with van der Waals surface area (Å²) in [5, 5.41) is 5.72. The van der Waals surface area contributed by atoms with Crippen molar-refractivity contribution in [3.8, 4) is 11.1 Å². The van der Waals surface area contributed by atoms with Crippen molar-refractivity contribution in [2.75, 3.05) is 13.2 Å². The van der Waals surface area contributed by atoms with Crippen LogP contribution in [0, 0.1) is 0 Å². The highest BCUT2D eigenvalue weighted by Crippen LogP contribution is 2.19. The van der Waals surface area contributed by atoms with Gasteiger partial charge < -0.3 is 15.4 Å². The summed E-state index contributed by atoms with van der Waals surface area (Å²) < 4.78 is 6.28. The van der Waals surface area contributed by atoms with Gasteiger partial charge in [0.2, 0.25) is 5.91 Å². The number of amides is 2. The minimum Gasteiger partial charge on any atom is -0.466 e. The standard InChI is InChI=1S/C30H33BrN2O4/c1-2-3-9-28(34)37-21-19-27(30(36)32-20-18-22-10-16-26(31)17-11-22)33-29(35)25-14-12-24(13-15-25)23-7-5-4-6-8-23/h4-8,10-17,27H,2-3,9,18-21H2,1H3,(H,32,36)(H,33,35)/t27-/m0/s1. The smallest absolute Gasteiger partial charge is 0.305 e. The Bertz CT molecular complexity index is 1150. The SMILES string of the molecule is CCCCC(=O)OCC[C@H](NC(=O)c1ccc(-c2ccccc2)cc1)C(=O)NCCc1ccc(Br)cc1. The quantitative estimate of drug-likeness (QED) is 0.261. The van der Waals surface area contributed by atoms with E-state index in [0.717, 1.165) is 34.0 Å². The van der Waals surface area contributed by atoms with E-state index in [-0.39, 0.29) is 30.8 Å². The number of nitrogens with one attached hydrogen (secondary N) is 2. The molecule has 3 aromatic carbocycles. The van der Waals surface area contributed by atoms with Crippen molar-refractivity contribution in [2.45, 2.75) is 45.1 Å². The van der Waals surface area contributed by atoms with Gasteiger partial charge in [-0.15, -0.1) is 0 Å². The van der Waals surface area contributed by atoms with Crippen LogP contribution in [0.3, 0.4) is 0 Å². The van der Waals surface area contributed by atoms with E-state index in [2.05, 4.69) is 26.6 Å². The normalized spacial score (nSPS) is 11.4. The van der Waals surface area contributed by atoms with Gasteiger partial charge in [0, 0.05) is 29.4 Å². The number of halogens is 1. The lowest BCUT2D eigenvalue weighted by atomic mass is 10.0. The molecule has 0 spiro atoms. The minimum absolute atomic E-state index is 0.0561. The first-order valence-corrected chi connectivity index (χ1v) is 13.4. The van der Waals surface area contributed by atoms with Gasteiger partial charge in [0.25, 0.3) is 5.91 Å². The van der Waals surface area contributed by atoms with Crippen LogP contribution in [0.2, 0.25) is 0 Å². The van der Waals surface area contributed by atoms with Gasteiger partial charge in [-0.05, 0) is 53.8 Å². The van der Waals surface area contributed by atoms with Crippen LogP contribution < -0.4 is 10.6 Å². The lowest BCUT2D eigenvalue weighted by Crippen LogP contribution is -2.47. The molecule has 0 aliphatic carbocycles. The van der Waals surface area contributed by atoms with Crippen molar-refractivity contribution in [2.24, 2.45) is 0 Å². The number of benzene rings is 3. The van der Waals surface area contributed by atoms with Crippen LogP contribution in [-0.4, -0.2) is 37.0 Å². The Labute approximate surface area is 226 Å². The number of unbranched alkanes of at least 4 members (excludes halogenated alkanes) is 1. The van der Waals surface area contributed by atoms with E-state index in [1.807, 2.05) is 73.7 Å². The Kier molecular flexibility index (Phi) is 11.4. The molecule has 0 unspecified atom stereocenters. The Morgan fingerprint density at radius 3 is 2.24 bits per heavy atom. The lowest BCUT2D eigenvalue weighted by molar-refractivity contribution is -0.144. The number of rotatable bonds is 13. The summed E-state index contributed by atoms with van der Waals surface area (Å²) in [4.78, 5) is 37.8. The van der Waals surface area contributed by atoms with E-state index in [4.69, 9.17) is 4.74 Å². The van der Waals surface area contributed by atoms with E-state index in [1.54, 1.807) is 12.1 Å². The predicted molar refractivity (Wildman–Crippen MR) is 149 cm³/mol. The first kappa shape index (κ1) is 28.1. The second-order valence-electron chi connectivity index (χ2n) is 8.75. The van der Waals surface area contributed by atoms with Crippen molar-refractivity contribution in [3.05, 3.63) is 94.5 Å². The molecule has 0 aliphatic heterocycles. The third-order valence-corrected chi connectivity index (χ3v) is 6.43. The number of esters is 1. The average molecular weight is 566 g/mol. The fraction of sp³-hybridized carbons (Fsp3) is 0.300. The minimum atomic E-state index is -0.829. The molecule has 3 rings (SSSR count). The molecule has 3 aromatic rings. The largest absolute Gasteiger partial charge is 0.466 e. The fourth-order valence-electron chi connectivity index (χ4n) is 3.74. The zero-order valence-electron chi connectivity index (χ0n) is 21.0. The molecule has 6 nitrogen and oxygen atoms in total. The fourth-order valence-corrected chi connectivity index (χ4v) is 4.01. The van der Waals surface area contributed by atoms with Gasteiger partial charge in [-0.2, -0.15) is 0 Å². The Hall–Kier alpha value is -3.45. The number of carbonyl (C=O) groups is 3. The van der Waals surface area contributed by atoms with E-state index < -0.39 is 6.04 Å². The topological polar surface area (TPSA) is 84.5 Å². The molecule has 37 heavy (non-hydrogen) atoms. The van der Waals surface area contributed by atoms with E-state index in [0.29, 0.717) is 24.9 Å². The monoisotopic (exact) mass is 564 g/mol. The molecule has 0 aliphatic rings. The van der Waals surface area contributed by atoms with Gasteiger partial charge in [0.15, 0.2) is 0 Å². The third-order valence-electron chi connectivity index (χ3n) is 5.91. The van der Waals surface area contributed by atoms with E-state index in [1.165, 1.54) is 0 Å². The molecule has 0 heterocycles. The van der Waals surface area contributed by atoms with Crippen LogP contribution in [0.1, 0.15) is 48.5 Å². The maximum Gasteiger partial charge on any atom is 0.305 e. The predicted octanol–water partition coefficient (Wildman–Crippen LogP) is 5.70. The van der Waals surface area contributed by atoms with Gasteiger partial charge in [-0.1, -0.05) is 83.9 Å². The highest BCUT2D eigenvalue weighted by atomic mass is 79.9. The van der Waals surface area contributed by atoms with E-state index in [9.17, 15) is 14.4 Å². The molecule has 2 N–H and O–H groups in total. The summed E-state index contributed by atoms with van der Waals surface area (Å²) in [5.41, 5.74) is 3.60. The second kappa shape index (κ2) is 15.0. The molecule has 0 radical (unpaired) electrons. The van der Waals surface area contributed by atoms with Gasteiger partial charge in [0.1, 0.15) is 6.04 Å². The van der Waals surface area contributed by atoms with Crippen LogP contribution in [0.25, 0.3) is 11.1 Å². The molecule has 0 bridgehead atoms. The summed E-state index contributed by atoms with van der Waals surface area (Å²) in [6, 6.07) is 24.2. The van der Waals surface area contributed by atoms with Gasteiger partial charge >= 0.3 is 5.97 Å². The van der Waals surface area contributed by atoms with Gasteiger partial charge in [0.05, 0.1) is 6.61 Å². The highest BCUT2D eigenvalue weighted by molar-refractivity contribution is 9.10. The Balaban J connectivity index is 1.60. The zero-order chi connectivity index (χ0) is 26.5. The molecule has 7 heteroatoms.